The second kappa shape index (κ2) is 15.2. The molecule has 6 aliphatic rings. The first-order chi connectivity index (χ1) is 27.4. The van der Waals surface area contributed by atoms with Gasteiger partial charge in [0.25, 0.3) is 0 Å². The first kappa shape index (κ1) is 41.5. The van der Waals surface area contributed by atoms with E-state index in [0.717, 1.165) is 12.0 Å². The Bertz CT molecular complexity index is 2070. The topological polar surface area (TPSA) is 141 Å². The van der Waals surface area contributed by atoms with Crippen LogP contribution in [-0.4, -0.2) is 81.7 Å². The molecule has 2 N–H and O–H groups in total. The van der Waals surface area contributed by atoms with Crippen LogP contribution >= 0.6 is 0 Å². The van der Waals surface area contributed by atoms with E-state index in [1.54, 1.807) is 24.8 Å². The van der Waals surface area contributed by atoms with Crippen molar-refractivity contribution in [2.24, 2.45) is 11.8 Å². The number of fused-ring (bicyclic) bond motifs is 2. The van der Waals surface area contributed by atoms with Crippen molar-refractivity contribution in [3.05, 3.63) is 69.4 Å². The fourth-order valence-corrected chi connectivity index (χ4v) is 10.3. The van der Waals surface area contributed by atoms with E-state index in [0.29, 0.717) is 86.2 Å². The zero-order valence-electron chi connectivity index (χ0n) is 35.6. The standard InChI is InChI=1S/C47H60N2O9/c1-10-55-43(54)49-25-20-30(21-26-49)48-42(53)29(6)18-24-46-41(52)33-14-11-15-34-37(51)35-36(50)31-19-23-45(9,22-12-13-27(2)3)56-38(31)32(17-16-28(4)5)39(35)57-47(34,46)40(33)44(7,8)58-46/h13,15-16,18-19,23,30,33,40,50H,10-12,14,17,20-22,24-26H2,1-9H3,(H,48,53)/b29-18-. The number of aromatic hydroxyl groups is 1. The maximum atomic E-state index is 15.2. The number of ketones is 2. The number of carbonyl (C=O) groups excluding carboxylic acids is 4. The molecule has 11 nitrogen and oxygen atoms in total. The minimum Gasteiger partial charge on any atom is -0.506 e. The van der Waals surface area contributed by atoms with Crippen LogP contribution < -0.4 is 14.8 Å². The van der Waals surface area contributed by atoms with Crippen molar-refractivity contribution in [3.63, 3.8) is 0 Å². The number of amides is 2. The molecule has 2 aliphatic carbocycles. The Kier molecular flexibility index (Phi) is 10.9. The van der Waals surface area contributed by atoms with Gasteiger partial charge in [0.05, 0.1) is 17.8 Å². The predicted molar refractivity (Wildman–Crippen MR) is 221 cm³/mol. The monoisotopic (exact) mass is 796 g/mol. The van der Waals surface area contributed by atoms with Crippen LogP contribution in [0.2, 0.25) is 0 Å². The van der Waals surface area contributed by atoms with Gasteiger partial charge in [0.15, 0.2) is 22.8 Å². The Morgan fingerprint density at radius 1 is 0.983 bits per heavy atom. The molecule has 1 aromatic carbocycles. The van der Waals surface area contributed by atoms with E-state index in [2.05, 4.69) is 31.3 Å². The SMILES string of the molecule is CCOC(=O)N1CCC(NC(=O)/C(C)=C\CC23OC(C)(C)C4C(CCC=C5C(=O)c6c(O)c7c(c(CC=C(C)C)c6OC542)OC(C)(CCC=C(C)C)C=C7)C3=O)CC1. The van der Waals surface area contributed by atoms with Crippen LogP contribution in [0.4, 0.5) is 4.79 Å². The lowest BCUT2D eigenvalue weighted by Crippen LogP contribution is -2.61. The lowest BCUT2D eigenvalue weighted by molar-refractivity contribution is -0.173. The average Bonchev–Trinajstić information content (AvgIpc) is 3.34. The molecule has 0 radical (unpaired) electrons. The number of benzene rings is 1. The van der Waals surface area contributed by atoms with Gasteiger partial charge in [-0.1, -0.05) is 35.5 Å². The van der Waals surface area contributed by atoms with E-state index >= 15 is 4.79 Å². The summed E-state index contributed by atoms with van der Waals surface area (Å²) in [5.41, 5.74) is -0.575. The van der Waals surface area contributed by atoms with Crippen molar-refractivity contribution in [3.8, 4) is 17.2 Å². The van der Waals surface area contributed by atoms with Crippen molar-refractivity contribution in [1.82, 2.24) is 10.2 Å². The van der Waals surface area contributed by atoms with Gasteiger partial charge in [-0.25, -0.2) is 4.79 Å². The molecule has 2 amide bonds. The summed E-state index contributed by atoms with van der Waals surface area (Å²) in [7, 11) is 0. The largest absolute Gasteiger partial charge is 0.506 e. The number of likely N-dealkylation sites (tertiary alicyclic amines) is 1. The lowest BCUT2D eigenvalue weighted by atomic mass is 9.67. The molecule has 2 saturated heterocycles. The first-order valence-corrected chi connectivity index (χ1v) is 21.0. The Hall–Kier alpha value is -4.64. The average molecular weight is 797 g/mol. The minimum absolute atomic E-state index is 0.00463. The number of ether oxygens (including phenoxy) is 4. The lowest BCUT2D eigenvalue weighted by Gasteiger charge is -2.45. The zero-order chi connectivity index (χ0) is 41.9. The van der Waals surface area contributed by atoms with E-state index < -0.39 is 34.2 Å². The number of hydrogen-bond donors (Lipinski definition) is 2. The quantitative estimate of drug-likeness (QED) is 0.177. The molecule has 7 rings (SSSR count). The molecule has 4 heterocycles. The second-order valence-corrected chi connectivity index (χ2v) is 18.2. The highest BCUT2D eigenvalue weighted by atomic mass is 16.6. The number of phenols is 1. The highest BCUT2D eigenvalue weighted by molar-refractivity contribution is 6.18. The van der Waals surface area contributed by atoms with Crippen molar-refractivity contribution in [2.45, 2.75) is 142 Å². The zero-order valence-corrected chi connectivity index (χ0v) is 35.6. The number of hydrogen-bond acceptors (Lipinski definition) is 9. The van der Waals surface area contributed by atoms with Crippen molar-refractivity contribution < 1.29 is 43.2 Å². The molecule has 5 atom stereocenters. The van der Waals surface area contributed by atoms with Crippen LogP contribution in [0, 0.1) is 11.8 Å². The van der Waals surface area contributed by atoms with Gasteiger partial charge in [-0.3, -0.25) is 14.4 Å². The summed E-state index contributed by atoms with van der Waals surface area (Å²) in [5, 5.41) is 15.2. The molecule has 0 aromatic heterocycles. The van der Waals surface area contributed by atoms with Gasteiger partial charge in [0.2, 0.25) is 5.91 Å². The van der Waals surface area contributed by atoms with Crippen LogP contribution in [0.3, 0.4) is 0 Å². The van der Waals surface area contributed by atoms with Gasteiger partial charge < -0.3 is 34.3 Å². The van der Waals surface area contributed by atoms with Crippen molar-refractivity contribution in [1.29, 1.82) is 0 Å². The third kappa shape index (κ3) is 6.71. The first-order valence-electron chi connectivity index (χ1n) is 21.0. The fourth-order valence-electron chi connectivity index (χ4n) is 10.3. The van der Waals surface area contributed by atoms with Crippen LogP contribution in [0.5, 0.6) is 17.2 Å². The molecule has 3 fully saturated rings. The number of nitrogens with zero attached hydrogens (tertiary/aromatic N) is 1. The highest BCUT2D eigenvalue weighted by Crippen LogP contribution is 2.70. The maximum Gasteiger partial charge on any atom is 0.409 e. The minimum atomic E-state index is -1.63. The third-order valence-corrected chi connectivity index (χ3v) is 13.1. The summed E-state index contributed by atoms with van der Waals surface area (Å²) in [6.07, 6.45) is 15.4. The van der Waals surface area contributed by atoms with E-state index in [1.807, 2.05) is 52.8 Å². The summed E-state index contributed by atoms with van der Waals surface area (Å²) >= 11 is 0. The normalized spacial score (nSPS) is 29.2. The molecular weight excluding hydrogens is 737 g/mol. The Morgan fingerprint density at radius 3 is 2.36 bits per heavy atom. The predicted octanol–water partition coefficient (Wildman–Crippen LogP) is 8.28. The molecule has 4 bridgehead atoms. The Balaban J connectivity index is 1.29. The van der Waals surface area contributed by atoms with Crippen LogP contribution in [0.15, 0.2) is 52.7 Å². The molecule has 1 saturated carbocycles. The molecule has 1 spiro atoms. The van der Waals surface area contributed by atoms with Gasteiger partial charge in [-0.05, 0) is 119 Å². The Morgan fingerprint density at radius 2 is 1.69 bits per heavy atom. The van der Waals surface area contributed by atoms with Crippen LogP contribution in [-0.2, 0) is 25.5 Å². The Labute approximate surface area is 342 Å². The van der Waals surface area contributed by atoms with Gasteiger partial charge in [-0.15, -0.1) is 0 Å². The molecule has 58 heavy (non-hydrogen) atoms. The number of rotatable bonds is 10. The van der Waals surface area contributed by atoms with Gasteiger partial charge in [-0.2, -0.15) is 0 Å². The fraction of sp³-hybridized carbons (Fsp3) is 0.574. The van der Waals surface area contributed by atoms with Crippen LogP contribution in [0.25, 0.3) is 6.08 Å². The summed E-state index contributed by atoms with van der Waals surface area (Å²) in [6, 6.07) is -0.130. The molecule has 1 aromatic rings. The number of piperidine rings is 1. The smallest absolute Gasteiger partial charge is 0.409 e. The van der Waals surface area contributed by atoms with Crippen molar-refractivity contribution in [2.75, 3.05) is 19.7 Å². The molecule has 11 heteroatoms. The highest BCUT2D eigenvalue weighted by Gasteiger charge is 2.84. The number of allylic oxidation sites excluding steroid dienone is 5. The van der Waals surface area contributed by atoms with Gasteiger partial charge in [0, 0.05) is 54.1 Å². The van der Waals surface area contributed by atoms with Crippen LogP contribution in [0.1, 0.15) is 129 Å². The molecule has 5 unspecified atom stereocenters. The number of phenolic OH excluding ortho intramolecular Hbond substituents is 1. The summed E-state index contributed by atoms with van der Waals surface area (Å²) in [6.45, 7) is 18.8. The third-order valence-electron chi connectivity index (χ3n) is 13.1. The summed E-state index contributed by atoms with van der Waals surface area (Å²) < 4.78 is 26.3. The van der Waals surface area contributed by atoms with E-state index in [-0.39, 0.29) is 53.1 Å². The summed E-state index contributed by atoms with van der Waals surface area (Å²) in [4.78, 5) is 57.6. The molecule has 312 valence electrons. The van der Waals surface area contributed by atoms with Crippen molar-refractivity contribution >= 4 is 29.6 Å². The number of Topliss-reactive ketones (excluding diaryl/α,β-unsaturated/α-hetero) is 2. The number of carbonyl (C=O) groups is 4. The number of nitrogens with one attached hydrogen (secondary N) is 1. The summed E-state index contributed by atoms with van der Waals surface area (Å²) in [5.74, 6) is -1.29. The van der Waals surface area contributed by atoms with Gasteiger partial charge >= 0.3 is 6.09 Å². The van der Waals surface area contributed by atoms with Gasteiger partial charge in [0.1, 0.15) is 28.4 Å². The second-order valence-electron chi connectivity index (χ2n) is 18.2. The van der Waals surface area contributed by atoms with E-state index in [1.165, 1.54) is 5.57 Å². The molecule has 4 aliphatic heterocycles. The van der Waals surface area contributed by atoms with E-state index in [9.17, 15) is 19.5 Å². The van der Waals surface area contributed by atoms with E-state index in [4.69, 9.17) is 18.9 Å². The molecular formula is C47H60N2O9. The maximum absolute atomic E-state index is 15.2.